The van der Waals surface area contributed by atoms with Crippen LogP contribution in [0.25, 0.3) is 0 Å². The normalized spacial score (nSPS) is 19.9. The van der Waals surface area contributed by atoms with Crippen LogP contribution in [-0.4, -0.2) is 35.3 Å². The van der Waals surface area contributed by atoms with Crippen LogP contribution in [0.1, 0.15) is 27.7 Å². The summed E-state index contributed by atoms with van der Waals surface area (Å²) in [6.07, 6.45) is 1.15. The van der Waals surface area contributed by atoms with Crippen LogP contribution in [0.3, 0.4) is 0 Å². The van der Waals surface area contributed by atoms with E-state index in [0.717, 1.165) is 6.20 Å². The molecule has 1 saturated heterocycles. The summed E-state index contributed by atoms with van der Waals surface area (Å²) in [6.45, 7) is 7.63. The minimum absolute atomic E-state index is 0.129. The van der Waals surface area contributed by atoms with Gasteiger partial charge >= 0.3 is 7.12 Å². The van der Waals surface area contributed by atoms with Crippen molar-refractivity contribution in [1.82, 2.24) is 4.98 Å². The van der Waals surface area contributed by atoms with Crippen molar-refractivity contribution in [2.75, 3.05) is 7.11 Å². The Hall–Kier alpha value is -1.67. The largest absolute Gasteiger partial charge is 0.500 e. The smallest absolute Gasteiger partial charge is 0.481 e. The molecule has 1 aromatic heterocycles. The summed E-state index contributed by atoms with van der Waals surface area (Å²) in [5, 5.41) is 10.9. The van der Waals surface area contributed by atoms with Gasteiger partial charge in [-0.25, -0.2) is 4.98 Å². The summed E-state index contributed by atoms with van der Waals surface area (Å²) in [4.78, 5) is 14.3. The number of hydrogen-bond acceptors (Lipinski definition) is 6. The molecule has 108 valence electrons. The van der Waals surface area contributed by atoms with Gasteiger partial charge in [-0.05, 0) is 27.7 Å². The van der Waals surface area contributed by atoms with Crippen molar-refractivity contribution in [1.29, 1.82) is 0 Å². The van der Waals surface area contributed by atoms with Gasteiger partial charge in [-0.1, -0.05) is 0 Å². The molecule has 0 aliphatic carbocycles. The number of aromatic nitrogens is 1. The second-order valence-corrected chi connectivity index (χ2v) is 5.64. The Balaban J connectivity index is 2.43. The minimum Gasteiger partial charge on any atom is -0.481 e. The van der Waals surface area contributed by atoms with E-state index < -0.39 is 23.2 Å². The van der Waals surface area contributed by atoms with E-state index in [9.17, 15) is 10.1 Å². The molecule has 20 heavy (non-hydrogen) atoms. The van der Waals surface area contributed by atoms with Crippen LogP contribution in [-0.2, 0) is 9.31 Å². The molecule has 0 radical (unpaired) electrons. The van der Waals surface area contributed by atoms with E-state index >= 15 is 0 Å². The summed E-state index contributed by atoms with van der Waals surface area (Å²) >= 11 is 0. The Morgan fingerprint density at radius 3 is 2.30 bits per heavy atom. The van der Waals surface area contributed by atoms with E-state index in [-0.39, 0.29) is 11.6 Å². The van der Waals surface area contributed by atoms with Crippen molar-refractivity contribution >= 4 is 18.3 Å². The number of rotatable bonds is 3. The van der Waals surface area contributed by atoms with E-state index in [2.05, 4.69) is 4.98 Å². The Morgan fingerprint density at radius 2 is 1.85 bits per heavy atom. The molecule has 0 bridgehead atoms. The highest BCUT2D eigenvalue weighted by Gasteiger charge is 2.53. The first kappa shape index (κ1) is 14.7. The average Bonchev–Trinajstić information content (AvgIpc) is 2.57. The van der Waals surface area contributed by atoms with Gasteiger partial charge < -0.3 is 14.0 Å². The van der Waals surface area contributed by atoms with Crippen LogP contribution in [0, 0.1) is 10.1 Å². The van der Waals surface area contributed by atoms with Gasteiger partial charge in [0.1, 0.15) is 6.20 Å². The lowest BCUT2D eigenvalue weighted by Crippen LogP contribution is -2.41. The van der Waals surface area contributed by atoms with Crippen LogP contribution in [0.15, 0.2) is 12.3 Å². The summed E-state index contributed by atoms with van der Waals surface area (Å²) in [5.74, 6) is 0.258. The van der Waals surface area contributed by atoms with E-state index in [1.807, 2.05) is 27.7 Å². The Morgan fingerprint density at radius 1 is 1.30 bits per heavy atom. The topological polar surface area (TPSA) is 83.7 Å². The molecule has 2 rings (SSSR count). The summed E-state index contributed by atoms with van der Waals surface area (Å²) < 4.78 is 16.9. The van der Waals surface area contributed by atoms with Gasteiger partial charge in [-0.3, -0.25) is 10.1 Å². The van der Waals surface area contributed by atoms with Gasteiger partial charge in [-0.15, -0.1) is 0 Å². The molecule has 2 heterocycles. The van der Waals surface area contributed by atoms with Crippen molar-refractivity contribution in [2.24, 2.45) is 0 Å². The lowest BCUT2D eigenvalue weighted by atomic mass is 9.79. The number of ether oxygens (including phenoxy) is 1. The molecule has 1 aromatic rings. The number of hydrogen-bond donors (Lipinski definition) is 0. The van der Waals surface area contributed by atoms with E-state index in [4.69, 9.17) is 14.0 Å². The van der Waals surface area contributed by atoms with Crippen molar-refractivity contribution in [3.05, 3.63) is 22.4 Å². The van der Waals surface area contributed by atoms with Crippen LogP contribution in [0.4, 0.5) is 5.69 Å². The molecule has 0 spiro atoms. The van der Waals surface area contributed by atoms with Crippen molar-refractivity contribution in [2.45, 2.75) is 38.9 Å². The number of pyridine rings is 1. The summed E-state index contributed by atoms with van der Waals surface area (Å²) in [6, 6.07) is 1.37. The van der Waals surface area contributed by atoms with E-state index in [1.165, 1.54) is 13.2 Å². The average molecular weight is 280 g/mol. The maximum atomic E-state index is 10.9. The molecule has 0 aromatic carbocycles. The molecule has 0 amide bonds. The van der Waals surface area contributed by atoms with E-state index in [0.29, 0.717) is 5.46 Å². The number of nitrogens with zero attached hydrogens (tertiary/aromatic N) is 2. The van der Waals surface area contributed by atoms with Crippen LogP contribution in [0.2, 0.25) is 0 Å². The van der Waals surface area contributed by atoms with Crippen LogP contribution < -0.4 is 10.2 Å². The van der Waals surface area contributed by atoms with Gasteiger partial charge in [0.05, 0.1) is 28.7 Å². The molecule has 7 nitrogen and oxygen atoms in total. The highest BCUT2D eigenvalue weighted by Crippen LogP contribution is 2.37. The minimum atomic E-state index is -0.748. The molecular formula is C12H17BN2O5. The third-order valence-corrected chi connectivity index (χ3v) is 3.78. The Labute approximate surface area is 117 Å². The molecule has 0 saturated carbocycles. The van der Waals surface area contributed by atoms with Gasteiger partial charge in [0.25, 0.3) is 5.69 Å². The van der Waals surface area contributed by atoms with Gasteiger partial charge in [0.2, 0.25) is 5.88 Å². The zero-order valence-corrected chi connectivity index (χ0v) is 12.2. The number of nitro groups is 1. The van der Waals surface area contributed by atoms with Crippen molar-refractivity contribution < 1.29 is 19.0 Å². The zero-order valence-electron chi connectivity index (χ0n) is 12.2. The fraction of sp³-hybridized carbons (Fsp3) is 0.583. The fourth-order valence-corrected chi connectivity index (χ4v) is 1.87. The lowest BCUT2D eigenvalue weighted by Gasteiger charge is -2.32. The monoisotopic (exact) mass is 280 g/mol. The molecule has 0 N–H and O–H groups in total. The molecule has 1 aliphatic rings. The third-order valence-electron chi connectivity index (χ3n) is 3.78. The van der Waals surface area contributed by atoms with E-state index in [1.54, 1.807) is 0 Å². The van der Waals surface area contributed by atoms with Crippen molar-refractivity contribution in [3.8, 4) is 5.88 Å². The van der Waals surface area contributed by atoms with Gasteiger partial charge in [-0.2, -0.15) is 0 Å². The third kappa shape index (κ3) is 2.36. The fourth-order valence-electron chi connectivity index (χ4n) is 1.87. The molecular weight excluding hydrogens is 263 g/mol. The Bertz CT molecular complexity index is 531. The van der Waals surface area contributed by atoms with Crippen LogP contribution >= 0.6 is 0 Å². The zero-order chi connectivity index (χ0) is 15.1. The molecule has 0 atom stereocenters. The van der Waals surface area contributed by atoms with Gasteiger partial charge in [0, 0.05) is 6.07 Å². The Kier molecular flexibility index (Phi) is 3.47. The summed E-state index contributed by atoms with van der Waals surface area (Å²) in [7, 11) is 0.700. The second kappa shape index (κ2) is 4.71. The maximum Gasteiger partial charge on any atom is 0.500 e. The first-order valence-corrected chi connectivity index (χ1v) is 6.22. The summed E-state index contributed by atoms with van der Waals surface area (Å²) in [5.41, 5.74) is -0.781. The lowest BCUT2D eigenvalue weighted by molar-refractivity contribution is -0.385. The predicted octanol–water partition coefficient (Wildman–Crippen LogP) is 1.30. The second-order valence-electron chi connectivity index (χ2n) is 5.64. The highest BCUT2D eigenvalue weighted by atomic mass is 16.7. The van der Waals surface area contributed by atoms with Gasteiger partial charge in [0.15, 0.2) is 0 Å². The molecule has 1 aliphatic heterocycles. The van der Waals surface area contributed by atoms with Crippen LogP contribution in [0.5, 0.6) is 5.88 Å². The SMILES string of the molecule is COc1ncc([N+](=O)[O-])cc1B1OC(C)(C)C(C)(C)O1. The standard InChI is InChI=1S/C12H17BN2O5/c1-11(2)12(3,4)20-13(19-11)9-6-8(15(16)17)7-14-10(9)18-5/h6-7H,1-5H3. The first-order chi connectivity index (χ1) is 9.18. The quantitative estimate of drug-likeness (QED) is 0.471. The molecule has 0 unspecified atom stereocenters. The molecule has 1 fully saturated rings. The predicted molar refractivity (Wildman–Crippen MR) is 73.2 cm³/mol. The maximum absolute atomic E-state index is 10.9. The highest BCUT2D eigenvalue weighted by molar-refractivity contribution is 6.63. The van der Waals surface area contributed by atoms with Crippen molar-refractivity contribution in [3.63, 3.8) is 0 Å². The number of methoxy groups -OCH3 is 1. The first-order valence-electron chi connectivity index (χ1n) is 6.22. The molecule has 8 heteroatoms.